The molecule has 0 aliphatic carbocycles. The first-order valence-corrected chi connectivity index (χ1v) is 4.83. The number of rotatable bonds is 7. The molecule has 92 valence electrons. The second-order valence-electron chi connectivity index (χ2n) is 4.38. The van der Waals surface area contributed by atoms with Gasteiger partial charge in [-0.05, 0) is 11.8 Å². The quantitative estimate of drug-likeness (QED) is 0.604. The van der Waals surface area contributed by atoms with Crippen LogP contribution in [0.15, 0.2) is 0 Å². The molecule has 0 radical (unpaired) electrons. The molecule has 0 fully saturated rings. The molecular formula is C10H16O6. The highest BCUT2D eigenvalue weighted by atomic mass is 16.4. The van der Waals surface area contributed by atoms with E-state index in [4.69, 9.17) is 15.3 Å². The molecule has 0 amide bonds. The highest BCUT2D eigenvalue weighted by Gasteiger charge is 2.37. The zero-order chi connectivity index (χ0) is 12.9. The molecule has 0 aromatic carbocycles. The fraction of sp³-hybridized carbons (Fsp3) is 0.700. The Morgan fingerprint density at radius 1 is 1.06 bits per heavy atom. The zero-order valence-electron chi connectivity index (χ0n) is 9.27. The van der Waals surface area contributed by atoms with Crippen molar-refractivity contribution in [2.24, 2.45) is 11.3 Å². The van der Waals surface area contributed by atoms with Crippen molar-refractivity contribution in [1.82, 2.24) is 0 Å². The molecular weight excluding hydrogens is 216 g/mol. The van der Waals surface area contributed by atoms with E-state index in [2.05, 4.69) is 0 Å². The smallest absolute Gasteiger partial charge is 0.307 e. The van der Waals surface area contributed by atoms with Crippen molar-refractivity contribution in [3.05, 3.63) is 0 Å². The second-order valence-corrected chi connectivity index (χ2v) is 4.38. The molecule has 16 heavy (non-hydrogen) atoms. The van der Waals surface area contributed by atoms with Gasteiger partial charge in [0.25, 0.3) is 0 Å². The molecule has 0 bridgehead atoms. The number of carboxylic acids is 3. The third-order valence-corrected chi connectivity index (χ3v) is 2.50. The standard InChI is InChI=1S/C10H16O6/c1-10(2,5-8(13)14)6(9(15)16)3-4-7(11)12/h6H,3-5H2,1-2H3,(H,11,12)(H,13,14)(H,15,16)/t6-/m0/s1. The van der Waals surface area contributed by atoms with Crippen LogP contribution >= 0.6 is 0 Å². The van der Waals surface area contributed by atoms with Gasteiger partial charge in [-0.2, -0.15) is 0 Å². The minimum Gasteiger partial charge on any atom is -0.481 e. The van der Waals surface area contributed by atoms with Crippen LogP contribution in [0.1, 0.15) is 33.1 Å². The molecule has 1 atom stereocenters. The van der Waals surface area contributed by atoms with Gasteiger partial charge in [-0.15, -0.1) is 0 Å². The number of carboxylic acid groups (broad SMARTS) is 3. The average molecular weight is 232 g/mol. The van der Waals surface area contributed by atoms with Gasteiger partial charge in [0.05, 0.1) is 12.3 Å². The summed E-state index contributed by atoms with van der Waals surface area (Å²) in [5.41, 5.74) is -0.965. The van der Waals surface area contributed by atoms with Crippen LogP contribution in [0, 0.1) is 11.3 Å². The van der Waals surface area contributed by atoms with Crippen molar-refractivity contribution >= 4 is 17.9 Å². The Morgan fingerprint density at radius 3 is 1.88 bits per heavy atom. The van der Waals surface area contributed by atoms with Crippen LogP contribution in [0.3, 0.4) is 0 Å². The summed E-state index contributed by atoms with van der Waals surface area (Å²) in [6.45, 7) is 3.03. The van der Waals surface area contributed by atoms with E-state index < -0.39 is 29.2 Å². The van der Waals surface area contributed by atoms with Gasteiger partial charge < -0.3 is 15.3 Å². The molecule has 6 heteroatoms. The van der Waals surface area contributed by atoms with Gasteiger partial charge in [0, 0.05) is 6.42 Å². The molecule has 6 nitrogen and oxygen atoms in total. The number of hydrogen-bond acceptors (Lipinski definition) is 3. The molecule has 0 aliphatic rings. The first kappa shape index (κ1) is 14.4. The topological polar surface area (TPSA) is 112 Å². The van der Waals surface area contributed by atoms with Gasteiger partial charge in [0.15, 0.2) is 0 Å². The van der Waals surface area contributed by atoms with E-state index in [0.29, 0.717) is 0 Å². The molecule has 0 aliphatic heterocycles. The lowest BCUT2D eigenvalue weighted by atomic mass is 9.74. The Labute approximate surface area is 92.9 Å². The second kappa shape index (κ2) is 5.48. The predicted octanol–water partition coefficient (Wildman–Crippen LogP) is 1.05. The van der Waals surface area contributed by atoms with Crippen molar-refractivity contribution in [2.75, 3.05) is 0 Å². The van der Waals surface area contributed by atoms with E-state index in [1.165, 1.54) is 13.8 Å². The monoisotopic (exact) mass is 232 g/mol. The van der Waals surface area contributed by atoms with E-state index in [1.54, 1.807) is 0 Å². The van der Waals surface area contributed by atoms with E-state index in [9.17, 15) is 14.4 Å². The SMILES string of the molecule is CC(C)(CC(=O)O)[C@@H](CCC(=O)O)C(=O)O. The molecule has 0 spiro atoms. The Morgan fingerprint density at radius 2 is 1.56 bits per heavy atom. The molecule has 3 N–H and O–H groups in total. The van der Waals surface area contributed by atoms with Crippen LogP contribution in [0.2, 0.25) is 0 Å². The number of aliphatic carboxylic acids is 3. The molecule has 0 unspecified atom stereocenters. The molecule has 0 saturated carbocycles. The van der Waals surface area contributed by atoms with E-state index >= 15 is 0 Å². The van der Waals surface area contributed by atoms with E-state index in [-0.39, 0.29) is 19.3 Å². The van der Waals surface area contributed by atoms with Crippen molar-refractivity contribution in [2.45, 2.75) is 33.1 Å². The lowest BCUT2D eigenvalue weighted by molar-refractivity contribution is -0.149. The highest BCUT2D eigenvalue weighted by Crippen LogP contribution is 2.34. The summed E-state index contributed by atoms with van der Waals surface area (Å²) in [4.78, 5) is 31.9. The summed E-state index contributed by atoms with van der Waals surface area (Å²) in [5, 5.41) is 26.1. The lowest BCUT2D eigenvalue weighted by Gasteiger charge is -2.29. The van der Waals surface area contributed by atoms with Crippen LogP contribution in [0.25, 0.3) is 0 Å². The summed E-state index contributed by atoms with van der Waals surface area (Å²) in [6.07, 6.45) is -0.644. The van der Waals surface area contributed by atoms with Crippen LogP contribution in [0.4, 0.5) is 0 Å². The maximum absolute atomic E-state index is 11.0. The number of carbonyl (C=O) groups is 3. The third-order valence-electron chi connectivity index (χ3n) is 2.50. The molecule has 0 heterocycles. The minimum atomic E-state index is -1.16. The van der Waals surface area contributed by atoms with Gasteiger partial charge in [-0.3, -0.25) is 14.4 Å². The first-order valence-electron chi connectivity index (χ1n) is 4.83. The molecule has 0 rings (SSSR count). The highest BCUT2D eigenvalue weighted by molar-refractivity contribution is 5.75. The Balaban J connectivity index is 4.68. The zero-order valence-corrected chi connectivity index (χ0v) is 9.27. The van der Waals surface area contributed by atoms with E-state index in [1.807, 2.05) is 0 Å². The minimum absolute atomic E-state index is 0.0645. The maximum atomic E-state index is 11.0. The predicted molar refractivity (Wildman–Crippen MR) is 54.0 cm³/mol. The van der Waals surface area contributed by atoms with Gasteiger partial charge in [-0.25, -0.2) is 0 Å². The maximum Gasteiger partial charge on any atom is 0.307 e. The fourth-order valence-electron chi connectivity index (χ4n) is 1.63. The molecule has 0 saturated heterocycles. The summed E-state index contributed by atoms with van der Waals surface area (Å²) < 4.78 is 0. The van der Waals surface area contributed by atoms with E-state index in [0.717, 1.165) is 0 Å². The Hall–Kier alpha value is -1.59. The van der Waals surface area contributed by atoms with Crippen molar-refractivity contribution in [1.29, 1.82) is 0 Å². The van der Waals surface area contributed by atoms with Gasteiger partial charge in [0.2, 0.25) is 0 Å². The van der Waals surface area contributed by atoms with Gasteiger partial charge in [-0.1, -0.05) is 13.8 Å². The van der Waals surface area contributed by atoms with Crippen molar-refractivity contribution in [3.8, 4) is 0 Å². The Kier molecular flexibility index (Phi) is 4.94. The molecule has 0 aromatic heterocycles. The van der Waals surface area contributed by atoms with Gasteiger partial charge in [0.1, 0.15) is 0 Å². The van der Waals surface area contributed by atoms with Crippen LogP contribution in [-0.2, 0) is 14.4 Å². The average Bonchev–Trinajstić information content (AvgIpc) is 1.98. The van der Waals surface area contributed by atoms with Crippen LogP contribution < -0.4 is 0 Å². The van der Waals surface area contributed by atoms with Crippen molar-refractivity contribution < 1.29 is 29.7 Å². The number of hydrogen-bond donors (Lipinski definition) is 3. The van der Waals surface area contributed by atoms with Crippen LogP contribution in [0.5, 0.6) is 0 Å². The van der Waals surface area contributed by atoms with Crippen LogP contribution in [-0.4, -0.2) is 33.2 Å². The van der Waals surface area contributed by atoms with Gasteiger partial charge >= 0.3 is 17.9 Å². The summed E-state index contributed by atoms with van der Waals surface area (Å²) in [7, 11) is 0. The summed E-state index contributed by atoms with van der Waals surface area (Å²) in [6, 6.07) is 0. The molecule has 0 aromatic rings. The normalized spacial score (nSPS) is 13.1. The fourth-order valence-corrected chi connectivity index (χ4v) is 1.63. The summed E-state index contributed by atoms with van der Waals surface area (Å²) in [5.74, 6) is -4.31. The lowest BCUT2D eigenvalue weighted by Crippen LogP contribution is -2.33. The Bertz CT molecular complexity index is 294. The third kappa shape index (κ3) is 4.77. The first-order chi connectivity index (χ1) is 7.16. The largest absolute Gasteiger partial charge is 0.481 e. The van der Waals surface area contributed by atoms with Crippen molar-refractivity contribution in [3.63, 3.8) is 0 Å². The summed E-state index contributed by atoms with van der Waals surface area (Å²) >= 11 is 0.